The van der Waals surface area contributed by atoms with Crippen LogP contribution in [0, 0.1) is 6.92 Å². The van der Waals surface area contributed by atoms with E-state index in [1.165, 1.54) is 5.56 Å². The van der Waals surface area contributed by atoms with Gasteiger partial charge < -0.3 is 15.6 Å². The van der Waals surface area contributed by atoms with E-state index in [0.29, 0.717) is 36.6 Å². The summed E-state index contributed by atoms with van der Waals surface area (Å²) in [6.07, 6.45) is 5.63. The SMILES string of the molecule is CC(=CCc1c(N)c2c(c(C)c1C1CC1)COC2=O)CCC(=O)O. The molecule has 0 unspecified atom stereocenters. The lowest BCUT2D eigenvalue weighted by Gasteiger charge is -2.18. The van der Waals surface area contributed by atoms with Crippen molar-refractivity contribution in [2.24, 2.45) is 0 Å². The van der Waals surface area contributed by atoms with Crippen molar-refractivity contribution >= 4 is 17.6 Å². The van der Waals surface area contributed by atoms with Crippen LogP contribution in [-0.2, 0) is 22.6 Å². The normalized spacial score (nSPS) is 16.9. The van der Waals surface area contributed by atoms with Gasteiger partial charge in [0.2, 0.25) is 0 Å². The van der Waals surface area contributed by atoms with Crippen molar-refractivity contribution in [3.8, 4) is 0 Å². The first kappa shape index (κ1) is 16.6. The highest BCUT2D eigenvalue weighted by Gasteiger charge is 2.35. The summed E-state index contributed by atoms with van der Waals surface area (Å²) in [5.74, 6) is -0.603. The molecule has 1 saturated carbocycles. The fourth-order valence-electron chi connectivity index (χ4n) is 3.49. The second kappa shape index (κ2) is 6.30. The Labute approximate surface area is 141 Å². The van der Waals surface area contributed by atoms with E-state index in [-0.39, 0.29) is 12.4 Å². The molecule has 3 rings (SSSR count). The molecule has 3 N–H and O–H groups in total. The Bertz CT molecular complexity index is 744. The highest BCUT2D eigenvalue weighted by Crippen LogP contribution is 2.48. The van der Waals surface area contributed by atoms with Crippen LogP contribution in [0.3, 0.4) is 0 Å². The van der Waals surface area contributed by atoms with Gasteiger partial charge in [-0.15, -0.1) is 0 Å². The molecule has 1 fully saturated rings. The molecular formula is C19H23NO4. The van der Waals surface area contributed by atoms with Crippen LogP contribution in [-0.4, -0.2) is 17.0 Å². The molecule has 128 valence electrons. The molecule has 5 heteroatoms. The fraction of sp³-hybridized carbons (Fsp3) is 0.474. The summed E-state index contributed by atoms with van der Waals surface area (Å²) in [7, 11) is 0. The molecule has 1 aliphatic carbocycles. The van der Waals surface area contributed by atoms with Gasteiger partial charge in [0.25, 0.3) is 0 Å². The predicted molar refractivity (Wildman–Crippen MR) is 91.0 cm³/mol. The minimum absolute atomic E-state index is 0.128. The van der Waals surface area contributed by atoms with Gasteiger partial charge in [-0.25, -0.2) is 4.79 Å². The summed E-state index contributed by atoms with van der Waals surface area (Å²) in [6.45, 7) is 4.31. The Hall–Kier alpha value is -2.30. The number of esters is 1. The summed E-state index contributed by atoms with van der Waals surface area (Å²) >= 11 is 0. The monoisotopic (exact) mass is 329 g/mol. The number of cyclic esters (lactones) is 1. The second-order valence-electron chi connectivity index (χ2n) is 6.78. The number of carbonyl (C=O) groups is 2. The molecule has 0 spiro atoms. The van der Waals surface area contributed by atoms with Crippen LogP contribution >= 0.6 is 0 Å². The van der Waals surface area contributed by atoms with E-state index in [9.17, 15) is 9.59 Å². The minimum atomic E-state index is -0.794. The minimum Gasteiger partial charge on any atom is -0.481 e. The van der Waals surface area contributed by atoms with E-state index in [1.807, 2.05) is 13.0 Å². The van der Waals surface area contributed by atoms with Gasteiger partial charge in [0.1, 0.15) is 6.61 Å². The summed E-state index contributed by atoms with van der Waals surface area (Å²) < 4.78 is 5.19. The number of nitrogen functional groups attached to an aromatic ring is 1. The molecule has 0 aromatic heterocycles. The highest BCUT2D eigenvalue weighted by atomic mass is 16.5. The van der Waals surface area contributed by atoms with Crippen molar-refractivity contribution < 1.29 is 19.4 Å². The number of aliphatic carboxylic acids is 1. The number of hydrogen-bond acceptors (Lipinski definition) is 4. The van der Waals surface area contributed by atoms with Crippen molar-refractivity contribution in [3.05, 3.63) is 39.5 Å². The maximum Gasteiger partial charge on any atom is 0.341 e. The van der Waals surface area contributed by atoms with Gasteiger partial charge in [-0.1, -0.05) is 11.6 Å². The van der Waals surface area contributed by atoms with Crippen LogP contribution in [0.1, 0.15) is 71.1 Å². The molecule has 1 aromatic carbocycles. The van der Waals surface area contributed by atoms with Crippen LogP contribution < -0.4 is 5.73 Å². The van der Waals surface area contributed by atoms with Crippen molar-refractivity contribution in [1.29, 1.82) is 0 Å². The molecule has 0 amide bonds. The van der Waals surface area contributed by atoms with Gasteiger partial charge >= 0.3 is 11.9 Å². The fourth-order valence-corrected chi connectivity index (χ4v) is 3.49. The first-order valence-corrected chi connectivity index (χ1v) is 8.38. The van der Waals surface area contributed by atoms with E-state index < -0.39 is 5.97 Å². The Morgan fingerprint density at radius 1 is 1.38 bits per heavy atom. The van der Waals surface area contributed by atoms with Gasteiger partial charge in [-0.05, 0) is 62.1 Å². The number of carboxylic acid groups (broad SMARTS) is 1. The zero-order chi connectivity index (χ0) is 17.4. The summed E-state index contributed by atoms with van der Waals surface area (Å²) in [5.41, 5.74) is 12.8. The van der Waals surface area contributed by atoms with E-state index in [0.717, 1.165) is 35.1 Å². The number of benzene rings is 1. The smallest absolute Gasteiger partial charge is 0.341 e. The molecule has 1 heterocycles. The van der Waals surface area contributed by atoms with Crippen LogP contribution in [0.25, 0.3) is 0 Å². The highest BCUT2D eigenvalue weighted by molar-refractivity contribution is 6.00. The van der Waals surface area contributed by atoms with E-state index >= 15 is 0 Å². The van der Waals surface area contributed by atoms with E-state index in [1.54, 1.807) is 0 Å². The average Bonchev–Trinajstić information content (AvgIpc) is 3.28. The Morgan fingerprint density at radius 2 is 2.08 bits per heavy atom. The maximum absolute atomic E-state index is 12.0. The quantitative estimate of drug-likeness (QED) is 0.474. The standard InChI is InChI=1S/C19H23NO4/c1-10(4-8-15(21)22)3-7-13-16(12-5-6-12)11(2)14-9-24-19(23)17(14)18(13)20/h3,12H,4-9,20H2,1-2H3,(H,21,22). The summed E-state index contributed by atoms with van der Waals surface area (Å²) in [5, 5.41) is 8.79. The van der Waals surface area contributed by atoms with Gasteiger partial charge in [-0.3, -0.25) is 4.79 Å². The van der Waals surface area contributed by atoms with Gasteiger partial charge in [0.05, 0.1) is 11.3 Å². The number of carboxylic acids is 1. The molecule has 0 saturated heterocycles. The van der Waals surface area contributed by atoms with Crippen LogP contribution in [0.4, 0.5) is 5.69 Å². The third-order valence-corrected chi connectivity index (χ3v) is 5.00. The zero-order valence-corrected chi connectivity index (χ0v) is 14.1. The molecule has 2 aliphatic rings. The van der Waals surface area contributed by atoms with Gasteiger partial charge in [0.15, 0.2) is 0 Å². The number of carbonyl (C=O) groups excluding carboxylic acids is 1. The van der Waals surface area contributed by atoms with Gasteiger partial charge in [0, 0.05) is 12.0 Å². The zero-order valence-electron chi connectivity index (χ0n) is 14.1. The number of rotatable bonds is 6. The lowest BCUT2D eigenvalue weighted by Crippen LogP contribution is -2.09. The molecule has 1 aliphatic heterocycles. The van der Waals surface area contributed by atoms with Crippen LogP contribution in [0.2, 0.25) is 0 Å². The molecule has 0 atom stereocenters. The lowest BCUT2D eigenvalue weighted by molar-refractivity contribution is -0.136. The Morgan fingerprint density at radius 3 is 2.71 bits per heavy atom. The Kier molecular flexibility index (Phi) is 4.35. The number of fused-ring (bicyclic) bond motifs is 1. The molecule has 0 radical (unpaired) electrons. The van der Waals surface area contributed by atoms with Crippen molar-refractivity contribution in [2.75, 3.05) is 5.73 Å². The first-order valence-electron chi connectivity index (χ1n) is 8.38. The average molecular weight is 329 g/mol. The van der Waals surface area contributed by atoms with Crippen molar-refractivity contribution in [1.82, 2.24) is 0 Å². The van der Waals surface area contributed by atoms with E-state index in [2.05, 4.69) is 6.92 Å². The number of nitrogens with two attached hydrogens (primary N) is 1. The van der Waals surface area contributed by atoms with Crippen LogP contribution in [0.15, 0.2) is 11.6 Å². The van der Waals surface area contributed by atoms with Crippen molar-refractivity contribution in [3.63, 3.8) is 0 Å². The third kappa shape index (κ3) is 3.03. The third-order valence-electron chi connectivity index (χ3n) is 5.00. The second-order valence-corrected chi connectivity index (χ2v) is 6.78. The molecule has 0 bridgehead atoms. The molecule has 24 heavy (non-hydrogen) atoms. The predicted octanol–water partition coefficient (Wildman–Crippen LogP) is 3.48. The molecule has 1 aromatic rings. The van der Waals surface area contributed by atoms with Gasteiger partial charge in [-0.2, -0.15) is 0 Å². The summed E-state index contributed by atoms with van der Waals surface area (Å²) in [6, 6.07) is 0. The Balaban J connectivity index is 1.96. The number of anilines is 1. The number of allylic oxidation sites excluding steroid dienone is 2. The topological polar surface area (TPSA) is 89.6 Å². The number of hydrogen-bond donors (Lipinski definition) is 2. The van der Waals surface area contributed by atoms with Crippen molar-refractivity contribution in [2.45, 2.75) is 58.5 Å². The summed E-state index contributed by atoms with van der Waals surface area (Å²) in [4.78, 5) is 22.7. The maximum atomic E-state index is 12.0. The van der Waals surface area contributed by atoms with Crippen LogP contribution in [0.5, 0.6) is 0 Å². The van der Waals surface area contributed by atoms with E-state index in [4.69, 9.17) is 15.6 Å². The largest absolute Gasteiger partial charge is 0.481 e. The molecule has 5 nitrogen and oxygen atoms in total. The lowest BCUT2D eigenvalue weighted by atomic mass is 9.87. The molecular weight excluding hydrogens is 306 g/mol. The number of ether oxygens (including phenoxy) is 1. The first-order chi connectivity index (χ1) is 11.4.